The Bertz CT molecular complexity index is 1380. The molecule has 194 valence electrons. The number of piperidine rings is 1. The molecule has 1 fully saturated rings. The van der Waals surface area contributed by atoms with Crippen LogP contribution >= 0.6 is 0 Å². The van der Waals surface area contributed by atoms with Crippen molar-refractivity contribution in [2.45, 2.75) is 45.6 Å². The fraction of sp³-hybridized carbons (Fsp3) is 0.281. The van der Waals surface area contributed by atoms with Crippen molar-refractivity contribution in [2.75, 3.05) is 24.2 Å². The molecular formula is C32H36N6. The summed E-state index contributed by atoms with van der Waals surface area (Å²) < 4.78 is 0. The molecule has 0 amide bonds. The third-order valence-electron chi connectivity index (χ3n) is 6.94. The highest BCUT2D eigenvalue weighted by atomic mass is 15.2. The van der Waals surface area contributed by atoms with E-state index in [1.807, 2.05) is 37.5 Å². The third-order valence-corrected chi connectivity index (χ3v) is 6.94. The Morgan fingerprint density at radius 1 is 1.11 bits per heavy atom. The topological polar surface area (TPSA) is 76.3 Å². The predicted molar refractivity (Wildman–Crippen MR) is 159 cm³/mol. The van der Waals surface area contributed by atoms with Crippen LogP contribution in [0, 0.1) is 18.3 Å². The molecule has 0 bridgehead atoms. The Balaban J connectivity index is 1.47. The van der Waals surface area contributed by atoms with Crippen LogP contribution in [0.1, 0.15) is 60.4 Å². The summed E-state index contributed by atoms with van der Waals surface area (Å²) in [5, 5.41) is 15.9. The fourth-order valence-corrected chi connectivity index (χ4v) is 4.74. The van der Waals surface area contributed by atoms with Crippen LogP contribution in [0.25, 0.3) is 11.4 Å². The number of pyridine rings is 1. The van der Waals surface area contributed by atoms with Gasteiger partial charge in [-0.25, -0.2) is 4.98 Å². The maximum absolute atomic E-state index is 9.10. The second kappa shape index (κ2) is 11.8. The number of aliphatic imine (C=N–C) groups is 1. The summed E-state index contributed by atoms with van der Waals surface area (Å²) in [6, 6.07) is 20.8. The van der Waals surface area contributed by atoms with Gasteiger partial charge in [0.05, 0.1) is 11.6 Å². The van der Waals surface area contributed by atoms with Gasteiger partial charge in [0.2, 0.25) is 0 Å². The van der Waals surface area contributed by atoms with Crippen molar-refractivity contribution < 1.29 is 0 Å². The average molecular weight is 505 g/mol. The molecule has 0 aliphatic carbocycles. The number of aromatic nitrogens is 1. The largest absolute Gasteiger partial charge is 0.368 e. The molecule has 1 unspecified atom stereocenters. The quantitative estimate of drug-likeness (QED) is 0.344. The molecule has 6 heteroatoms. The van der Waals surface area contributed by atoms with E-state index in [1.165, 1.54) is 5.56 Å². The summed E-state index contributed by atoms with van der Waals surface area (Å²) >= 11 is 0. The Morgan fingerprint density at radius 3 is 2.47 bits per heavy atom. The van der Waals surface area contributed by atoms with E-state index in [0.717, 1.165) is 64.8 Å². The molecule has 2 heterocycles. The molecule has 1 saturated heterocycles. The molecule has 1 aliphatic rings. The number of nitriles is 1. The van der Waals surface area contributed by atoms with Crippen molar-refractivity contribution in [2.24, 2.45) is 4.99 Å². The van der Waals surface area contributed by atoms with Crippen LogP contribution in [0.2, 0.25) is 0 Å². The van der Waals surface area contributed by atoms with Gasteiger partial charge in [-0.3, -0.25) is 4.99 Å². The number of anilines is 2. The molecule has 6 nitrogen and oxygen atoms in total. The van der Waals surface area contributed by atoms with E-state index >= 15 is 0 Å². The number of likely N-dealkylation sites (tertiary alicyclic amines) is 1. The maximum atomic E-state index is 9.10. The van der Waals surface area contributed by atoms with Gasteiger partial charge in [0.25, 0.3) is 0 Å². The van der Waals surface area contributed by atoms with E-state index in [-0.39, 0.29) is 0 Å². The lowest BCUT2D eigenvalue weighted by Crippen LogP contribution is -2.36. The molecule has 0 radical (unpaired) electrons. The highest BCUT2D eigenvalue weighted by Gasteiger charge is 2.27. The average Bonchev–Trinajstić information content (AvgIpc) is 2.93. The van der Waals surface area contributed by atoms with E-state index in [2.05, 4.69) is 95.8 Å². The summed E-state index contributed by atoms with van der Waals surface area (Å²) in [4.78, 5) is 11.4. The lowest BCUT2D eigenvalue weighted by Gasteiger charge is -2.36. The molecule has 38 heavy (non-hydrogen) atoms. The fourth-order valence-electron chi connectivity index (χ4n) is 4.74. The van der Waals surface area contributed by atoms with Crippen molar-refractivity contribution in [3.05, 3.63) is 102 Å². The second-order valence-electron chi connectivity index (χ2n) is 10.0. The Hall–Kier alpha value is -4.37. The first-order valence-electron chi connectivity index (χ1n) is 13.0. The molecule has 3 aromatic rings. The van der Waals surface area contributed by atoms with Crippen LogP contribution < -0.4 is 10.6 Å². The molecule has 2 N–H and O–H groups in total. The van der Waals surface area contributed by atoms with E-state index in [9.17, 15) is 0 Å². The van der Waals surface area contributed by atoms with Gasteiger partial charge in [0.1, 0.15) is 11.7 Å². The van der Waals surface area contributed by atoms with Gasteiger partial charge >= 0.3 is 0 Å². The predicted octanol–water partition coefficient (Wildman–Crippen LogP) is 7.04. The van der Waals surface area contributed by atoms with Gasteiger partial charge < -0.3 is 15.5 Å². The molecule has 1 aromatic heterocycles. The summed E-state index contributed by atoms with van der Waals surface area (Å²) in [7, 11) is 1.85. The number of nitrogens with one attached hydrogen (secondary N) is 2. The normalized spacial score (nSPS) is 16.3. The van der Waals surface area contributed by atoms with Gasteiger partial charge in [0.15, 0.2) is 0 Å². The molecule has 2 aromatic carbocycles. The molecule has 1 aliphatic heterocycles. The zero-order chi connectivity index (χ0) is 27.2. The van der Waals surface area contributed by atoms with Crippen molar-refractivity contribution in [1.82, 2.24) is 9.88 Å². The first kappa shape index (κ1) is 26.7. The van der Waals surface area contributed by atoms with Crippen LogP contribution in [0.15, 0.2) is 78.9 Å². The Labute approximate surface area is 226 Å². The number of aryl methyl sites for hydroxylation is 1. The zero-order valence-corrected chi connectivity index (χ0v) is 22.8. The van der Waals surface area contributed by atoms with Crippen molar-refractivity contribution in [3.63, 3.8) is 0 Å². The third kappa shape index (κ3) is 6.12. The van der Waals surface area contributed by atoms with Crippen LogP contribution in [0.3, 0.4) is 0 Å². The molecule has 0 spiro atoms. The first-order valence-corrected chi connectivity index (χ1v) is 13.0. The minimum Gasteiger partial charge on any atom is -0.368 e. The number of nitrogens with zero attached hydrogens (tertiary/aromatic N) is 4. The van der Waals surface area contributed by atoms with Crippen molar-refractivity contribution in [3.8, 4) is 6.07 Å². The molecular weight excluding hydrogens is 468 g/mol. The van der Waals surface area contributed by atoms with Crippen LogP contribution in [-0.4, -0.2) is 35.4 Å². The van der Waals surface area contributed by atoms with Crippen LogP contribution in [0.5, 0.6) is 0 Å². The highest BCUT2D eigenvalue weighted by molar-refractivity contribution is 5.92. The summed E-state index contributed by atoms with van der Waals surface area (Å²) in [5.74, 6) is 2.25. The Morgan fingerprint density at radius 2 is 1.84 bits per heavy atom. The van der Waals surface area contributed by atoms with Gasteiger partial charge in [-0.1, -0.05) is 37.4 Å². The summed E-state index contributed by atoms with van der Waals surface area (Å²) in [6.45, 7) is 15.8. The number of hydrogen-bond acceptors (Lipinski definition) is 5. The smallest absolute Gasteiger partial charge is 0.126 e. The molecule has 4 rings (SSSR count). The van der Waals surface area contributed by atoms with Gasteiger partial charge in [-0.2, -0.15) is 5.26 Å². The zero-order valence-electron chi connectivity index (χ0n) is 22.8. The highest BCUT2D eigenvalue weighted by Crippen LogP contribution is 2.34. The van der Waals surface area contributed by atoms with E-state index < -0.39 is 0 Å². The summed E-state index contributed by atoms with van der Waals surface area (Å²) in [6.07, 6.45) is 3.66. The Kier molecular flexibility index (Phi) is 8.28. The van der Waals surface area contributed by atoms with Crippen molar-refractivity contribution in [1.29, 1.82) is 5.26 Å². The first-order chi connectivity index (χ1) is 18.3. The number of amidine groups is 1. The van der Waals surface area contributed by atoms with Crippen LogP contribution in [0.4, 0.5) is 11.5 Å². The van der Waals surface area contributed by atoms with E-state index in [4.69, 9.17) is 5.26 Å². The number of hydrogen-bond donors (Lipinski definition) is 2. The lowest BCUT2D eigenvalue weighted by atomic mass is 9.87. The molecule has 1 atom stereocenters. The second-order valence-corrected chi connectivity index (χ2v) is 10.0. The van der Waals surface area contributed by atoms with E-state index in [1.54, 1.807) is 0 Å². The minimum atomic E-state index is 0.327. The standard InChI is InChI=1S/C32H36N6/c1-21(2)36-31-14-13-29(20-35-31)23(4)37-30-17-27(10-7-22(30)3)24(5)38-16-15-28(18-32(38)34-6)26-11-8-25(19-33)9-12-26/h7-14,17,20-21,28,37H,4-5,15-16,18H2,1-3,6H3,(H,35,36). The van der Waals surface area contributed by atoms with Gasteiger partial charge in [-0.05, 0) is 80.1 Å². The number of benzene rings is 2. The van der Waals surface area contributed by atoms with E-state index in [0.29, 0.717) is 17.5 Å². The van der Waals surface area contributed by atoms with Gasteiger partial charge in [0, 0.05) is 54.9 Å². The molecule has 0 saturated carbocycles. The monoisotopic (exact) mass is 504 g/mol. The maximum Gasteiger partial charge on any atom is 0.126 e. The van der Waals surface area contributed by atoms with Crippen molar-refractivity contribution >= 4 is 28.7 Å². The summed E-state index contributed by atoms with van der Waals surface area (Å²) in [5.41, 5.74) is 7.75. The van der Waals surface area contributed by atoms with Crippen LogP contribution in [-0.2, 0) is 0 Å². The number of rotatable bonds is 8. The lowest BCUT2D eigenvalue weighted by molar-refractivity contribution is 0.448. The van der Waals surface area contributed by atoms with Gasteiger partial charge in [-0.15, -0.1) is 0 Å². The minimum absolute atomic E-state index is 0.327. The SMILES string of the molecule is C=C(Nc1cc(C(=C)N2CCC(c3ccc(C#N)cc3)CC2=NC)ccc1C)c1ccc(NC(C)C)nc1.